The lowest BCUT2D eigenvalue weighted by molar-refractivity contribution is 0.0596. The summed E-state index contributed by atoms with van der Waals surface area (Å²) in [6.07, 6.45) is 4.49. The molecule has 12 heteroatoms. The van der Waals surface area contributed by atoms with Gasteiger partial charge in [-0.25, -0.2) is 9.59 Å². The molecular weight excluding hydrogens is 488 g/mol. The number of carbonyl (C=O) groups is 2. The largest absolute Gasteiger partial charge is 0.470 e. The van der Waals surface area contributed by atoms with E-state index in [4.69, 9.17) is 9.47 Å². The number of esters is 1. The van der Waals surface area contributed by atoms with Gasteiger partial charge in [0.1, 0.15) is 21.9 Å². The molecule has 3 heterocycles. The van der Waals surface area contributed by atoms with Crippen LogP contribution in [0.2, 0.25) is 0 Å². The van der Waals surface area contributed by atoms with Crippen molar-refractivity contribution >= 4 is 44.5 Å². The Morgan fingerprint density at radius 1 is 1.29 bits per heavy atom. The van der Waals surface area contributed by atoms with Crippen molar-refractivity contribution in [2.45, 2.75) is 32.3 Å². The van der Waals surface area contributed by atoms with E-state index in [1.165, 1.54) is 33.0 Å². The molecule has 0 atom stereocenters. The van der Waals surface area contributed by atoms with Crippen LogP contribution in [-0.4, -0.2) is 64.3 Å². The average molecular weight is 515 g/mol. The maximum atomic E-state index is 12.3. The van der Waals surface area contributed by atoms with Crippen LogP contribution in [0.4, 0.5) is 9.80 Å². The summed E-state index contributed by atoms with van der Waals surface area (Å²) in [5.41, 5.74) is 0.756. The maximum absolute atomic E-state index is 12.3. The third-order valence-electron chi connectivity index (χ3n) is 4.89. The number of aryl methyl sites for hydroxylation is 1. The molecule has 0 spiro atoms. The molecule has 3 rings (SSSR count). The van der Waals surface area contributed by atoms with Gasteiger partial charge >= 0.3 is 12.0 Å². The second-order valence-corrected chi connectivity index (χ2v) is 8.78. The van der Waals surface area contributed by atoms with E-state index in [9.17, 15) is 9.59 Å². The summed E-state index contributed by atoms with van der Waals surface area (Å²) in [6.45, 7) is 4.10. The van der Waals surface area contributed by atoms with Gasteiger partial charge in [-0.1, -0.05) is 0 Å². The molecule has 0 radical (unpaired) electrons. The van der Waals surface area contributed by atoms with Crippen LogP contribution in [0.3, 0.4) is 0 Å². The summed E-state index contributed by atoms with van der Waals surface area (Å²) in [5, 5.41) is 10.0. The van der Waals surface area contributed by atoms with Gasteiger partial charge in [0.05, 0.1) is 7.11 Å². The number of carbonyl (C=O) groups excluding carboxylic acids is 2. The summed E-state index contributed by atoms with van der Waals surface area (Å²) in [4.78, 5) is 27.0. The molecular formula is C19H27BrN6O4S. The zero-order valence-electron chi connectivity index (χ0n) is 17.6. The van der Waals surface area contributed by atoms with Crippen LogP contribution in [0.25, 0.3) is 0 Å². The van der Waals surface area contributed by atoms with Gasteiger partial charge in [0.2, 0.25) is 5.88 Å². The Balaban J connectivity index is 1.50. The third-order valence-corrected chi connectivity index (χ3v) is 6.38. The minimum atomic E-state index is -0.633. The lowest BCUT2D eigenvalue weighted by atomic mass is 10.3. The number of hydrogen-bond acceptors (Lipinski definition) is 8. The number of nitrogens with one attached hydrogen (secondary N) is 2. The van der Waals surface area contributed by atoms with Crippen LogP contribution < -0.4 is 15.4 Å². The lowest BCUT2D eigenvalue weighted by Crippen LogP contribution is -2.30. The first-order chi connectivity index (χ1) is 15.0. The normalized spacial score (nSPS) is 13.9. The molecule has 0 bridgehead atoms. The van der Waals surface area contributed by atoms with E-state index in [1.54, 1.807) is 17.8 Å². The van der Waals surface area contributed by atoms with Crippen LogP contribution in [0.5, 0.6) is 5.88 Å². The summed E-state index contributed by atoms with van der Waals surface area (Å²) in [5.74, 6) is -0.536. The predicted octanol–water partition coefficient (Wildman–Crippen LogP) is 3.00. The van der Waals surface area contributed by atoms with Crippen molar-refractivity contribution in [1.82, 2.24) is 24.4 Å². The van der Waals surface area contributed by atoms with E-state index in [-0.39, 0.29) is 23.1 Å². The van der Waals surface area contributed by atoms with Gasteiger partial charge < -0.3 is 19.7 Å². The fraction of sp³-hybridized carbons (Fsp3) is 0.579. The Bertz CT molecular complexity index is 877. The highest BCUT2D eigenvalue weighted by molar-refractivity contribution is 9.10. The summed E-state index contributed by atoms with van der Waals surface area (Å²) in [6, 6.07) is 1.41. The highest BCUT2D eigenvalue weighted by Crippen LogP contribution is 2.31. The fourth-order valence-corrected chi connectivity index (χ4v) is 4.33. The average Bonchev–Trinajstić information content (AvgIpc) is 3.47. The second kappa shape index (κ2) is 11.4. The first-order valence-electron chi connectivity index (χ1n) is 10.1. The van der Waals surface area contributed by atoms with Crippen LogP contribution in [-0.2, 0) is 18.4 Å². The molecule has 0 aliphatic carbocycles. The van der Waals surface area contributed by atoms with Gasteiger partial charge in [-0.15, -0.1) is 0 Å². The van der Waals surface area contributed by atoms with Gasteiger partial charge in [-0.3, -0.25) is 10.00 Å². The van der Waals surface area contributed by atoms with Crippen molar-refractivity contribution < 1.29 is 19.1 Å². The Kier molecular flexibility index (Phi) is 8.67. The number of rotatable bonds is 10. The molecule has 31 heavy (non-hydrogen) atoms. The van der Waals surface area contributed by atoms with Gasteiger partial charge in [0, 0.05) is 13.6 Å². The molecule has 1 aliphatic rings. The second-order valence-electron chi connectivity index (χ2n) is 7.19. The third kappa shape index (κ3) is 6.65. The Labute approximate surface area is 193 Å². The number of likely N-dealkylation sites (tertiary alicyclic amines) is 1. The molecule has 2 N–H and O–H groups in total. The molecule has 2 aromatic heterocycles. The standard InChI is InChI=1S/C19H27BrN6O4S/c1-25-14(20)11-13(23-25)12-30-16-15(18(27)29-2)17(31-24-16)22-19(28)21-7-3-4-8-26-9-5-6-10-26/h11H,3-10,12H2,1-2H3,(H2,21,22,28). The topological polar surface area (TPSA) is 111 Å². The highest BCUT2D eigenvalue weighted by Gasteiger charge is 2.25. The zero-order valence-corrected chi connectivity index (χ0v) is 20.1. The molecule has 1 fully saturated rings. The number of methoxy groups -OCH3 is 1. The summed E-state index contributed by atoms with van der Waals surface area (Å²) < 4.78 is 17.1. The first-order valence-corrected chi connectivity index (χ1v) is 11.7. The number of anilines is 1. The van der Waals surface area contributed by atoms with Gasteiger partial charge in [-0.2, -0.15) is 9.47 Å². The van der Waals surface area contributed by atoms with E-state index in [0.717, 1.165) is 35.5 Å². The summed E-state index contributed by atoms with van der Waals surface area (Å²) in [7, 11) is 3.06. The number of amides is 2. The van der Waals surface area contributed by atoms with E-state index >= 15 is 0 Å². The van der Waals surface area contributed by atoms with Crippen molar-refractivity contribution in [1.29, 1.82) is 0 Å². The Morgan fingerprint density at radius 2 is 2.06 bits per heavy atom. The first kappa shape index (κ1) is 23.5. The zero-order chi connectivity index (χ0) is 22.2. The molecule has 2 aromatic rings. The van der Waals surface area contributed by atoms with Gasteiger partial charge in [0.25, 0.3) is 0 Å². The number of ether oxygens (including phenoxy) is 2. The predicted molar refractivity (Wildman–Crippen MR) is 121 cm³/mol. The number of hydrogen-bond donors (Lipinski definition) is 2. The van der Waals surface area contributed by atoms with Gasteiger partial charge in [-0.05, 0) is 78.8 Å². The summed E-state index contributed by atoms with van der Waals surface area (Å²) >= 11 is 4.33. The van der Waals surface area contributed by atoms with Crippen molar-refractivity contribution in [3.05, 3.63) is 21.9 Å². The van der Waals surface area contributed by atoms with E-state index in [1.807, 2.05) is 0 Å². The van der Waals surface area contributed by atoms with Crippen molar-refractivity contribution in [3.63, 3.8) is 0 Å². The van der Waals surface area contributed by atoms with Crippen LogP contribution in [0.15, 0.2) is 10.7 Å². The molecule has 0 saturated carbocycles. The quantitative estimate of drug-likeness (QED) is 0.370. The SMILES string of the molecule is COC(=O)c1c(OCc2cc(Br)n(C)n2)nsc1NC(=O)NCCCCN1CCCC1. The minimum Gasteiger partial charge on any atom is -0.470 e. The number of unbranched alkanes of at least 4 members (excludes halogenated alkanes) is 1. The van der Waals surface area contributed by atoms with E-state index in [0.29, 0.717) is 12.2 Å². The van der Waals surface area contributed by atoms with Crippen LogP contribution >= 0.6 is 27.5 Å². The van der Waals surface area contributed by atoms with Crippen LogP contribution in [0.1, 0.15) is 41.7 Å². The molecule has 1 aliphatic heterocycles. The minimum absolute atomic E-state index is 0.0895. The smallest absolute Gasteiger partial charge is 0.346 e. The lowest BCUT2D eigenvalue weighted by Gasteiger charge is -2.14. The van der Waals surface area contributed by atoms with Crippen LogP contribution in [0, 0.1) is 0 Å². The van der Waals surface area contributed by atoms with Crippen molar-refractivity contribution in [2.75, 3.05) is 38.6 Å². The molecule has 170 valence electrons. The van der Waals surface area contributed by atoms with E-state index < -0.39 is 12.0 Å². The molecule has 0 aromatic carbocycles. The molecule has 0 unspecified atom stereocenters. The monoisotopic (exact) mass is 514 g/mol. The van der Waals surface area contributed by atoms with Crippen molar-refractivity contribution in [2.24, 2.45) is 7.05 Å². The van der Waals surface area contributed by atoms with E-state index in [2.05, 4.69) is 40.9 Å². The maximum Gasteiger partial charge on any atom is 0.346 e. The molecule has 10 nitrogen and oxygen atoms in total. The Morgan fingerprint density at radius 3 is 2.74 bits per heavy atom. The number of halogens is 1. The highest BCUT2D eigenvalue weighted by atomic mass is 79.9. The van der Waals surface area contributed by atoms with Gasteiger partial charge in [0.15, 0.2) is 5.56 Å². The number of urea groups is 1. The van der Waals surface area contributed by atoms with Crippen molar-refractivity contribution in [3.8, 4) is 5.88 Å². The molecule has 1 saturated heterocycles. The number of nitrogens with zero attached hydrogens (tertiary/aromatic N) is 4. The number of aromatic nitrogens is 3. The molecule has 2 amide bonds. The Hall–Kier alpha value is -2.18. The fourth-order valence-electron chi connectivity index (χ4n) is 3.27.